The summed E-state index contributed by atoms with van der Waals surface area (Å²) in [6.45, 7) is 2.86. The highest BCUT2D eigenvalue weighted by Crippen LogP contribution is 1.92. The number of nitrogens with zero attached hydrogens (tertiary/aromatic N) is 1. The SMILES string of the molecule is CCC([O-])CCN(C)C. The Balaban J connectivity index is 3.06. The summed E-state index contributed by atoms with van der Waals surface area (Å²) >= 11 is 0. The van der Waals surface area contributed by atoms with Crippen LogP contribution in [0, 0.1) is 0 Å². The average molecular weight is 130 g/mol. The van der Waals surface area contributed by atoms with Crippen molar-refractivity contribution in [1.29, 1.82) is 0 Å². The Bertz CT molecular complexity index is 63.9. The van der Waals surface area contributed by atoms with E-state index >= 15 is 0 Å². The van der Waals surface area contributed by atoms with Gasteiger partial charge < -0.3 is 10.0 Å². The van der Waals surface area contributed by atoms with E-state index in [-0.39, 0.29) is 6.10 Å². The highest BCUT2D eigenvalue weighted by Gasteiger charge is 1.91. The normalized spacial score (nSPS) is 14.3. The van der Waals surface area contributed by atoms with Gasteiger partial charge in [-0.1, -0.05) is 19.8 Å². The van der Waals surface area contributed by atoms with Crippen molar-refractivity contribution in [2.24, 2.45) is 0 Å². The van der Waals surface area contributed by atoms with Crippen LogP contribution in [0.15, 0.2) is 0 Å². The van der Waals surface area contributed by atoms with Gasteiger partial charge in [0.15, 0.2) is 0 Å². The lowest BCUT2D eigenvalue weighted by Gasteiger charge is -2.21. The van der Waals surface area contributed by atoms with Crippen LogP contribution in [0.3, 0.4) is 0 Å². The third-order valence-electron chi connectivity index (χ3n) is 1.35. The first-order valence-electron chi connectivity index (χ1n) is 3.47. The lowest BCUT2D eigenvalue weighted by molar-refractivity contribution is -0.421. The maximum absolute atomic E-state index is 10.8. The zero-order chi connectivity index (χ0) is 7.28. The molecule has 56 valence electrons. The summed E-state index contributed by atoms with van der Waals surface area (Å²) in [4.78, 5) is 2.04. The molecule has 2 nitrogen and oxygen atoms in total. The Labute approximate surface area is 57.5 Å². The van der Waals surface area contributed by atoms with E-state index in [0.29, 0.717) is 0 Å². The molecule has 0 aromatic rings. The van der Waals surface area contributed by atoms with Crippen molar-refractivity contribution in [3.05, 3.63) is 0 Å². The van der Waals surface area contributed by atoms with Gasteiger partial charge in [-0.15, -0.1) is 6.10 Å². The summed E-state index contributed by atoms with van der Waals surface area (Å²) < 4.78 is 0. The molecule has 0 aromatic carbocycles. The monoisotopic (exact) mass is 130 g/mol. The lowest BCUT2D eigenvalue weighted by atomic mass is 10.2. The van der Waals surface area contributed by atoms with Gasteiger partial charge in [0.1, 0.15) is 0 Å². The van der Waals surface area contributed by atoms with Gasteiger partial charge >= 0.3 is 0 Å². The molecule has 0 aliphatic heterocycles. The molecular formula is C7H16NO-. The quantitative estimate of drug-likeness (QED) is 0.538. The fraction of sp³-hybridized carbons (Fsp3) is 1.00. The largest absolute Gasteiger partial charge is 0.852 e. The number of hydrogen-bond donors (Lipinski definition) is 0. The lowest BCUT2D eigenvalue weighted by Crippen LogP contribution is -2.28. The Kier molecular flexibility index (Phi) is 4.72. The molecule has 1 unspecified atom stereocenters. The van der Waals surface area contributed by atoms with Crippen LogP contribution in [0.4, 0.5) is 0 Å². The molecule has 0 radical (unpaired) electrons. The molecule has 0 aliphatic carbocycles. The van der Waals surface area contributed by atoms with E-state index in [9.17, 15) is 5.11 Å². The Hall–Kier alpha value is -0.0800. The molecule has 1 atom stereocenters. The van der Waals surface area contributed by atoms with Crippen molar-refractivity contribution in [2.45, 2.75) is 25.9 Å². The molecule has 0 rings (SSSR count). The van der Waals surface area contributed by atoms with Crippen molar-refractivity contribution < 1.29 is 5.11 Å². The van der Waals surface area contributed by atoms with Crippen LogP contribution < -0.4 is 5.11 Å². The first kappa shape index (κ1) is 8.92. The van der Waals surface area contributed by atoms with E-state index in [4.69, 9.17) is 0 Å². The predicted molar refractivity (Wildman–Crippen MR) is 37.2 cm³/mol. The van der Waals surface area contributed by atoms with Gasteiger partial charge in [-0.2, -0.15) is 0 Å². The van der Waals surface area contributed by atoms with E-state index in [0.717, 1.165) is 19.4 Å². The minimum Gasteiger partial charge on any atom is -0.852 e. The van der Waals surface area contributed by atoms with Crippen LogP contribution in [0.25, 0.3) is 0 Å². The maximum Gasteiger partial charge on any atom is -0.00351 e. The molecule has 0 saturated heterocycles. The van der Waals surface area contributed by atoms with Crippen molar-refractivity contribution >= 4 is 0 Å². The van der Waals surface area contributed by atoms with Crippen LogP contribution in [0.5, 0.6) is 0 Å². The van der Waals surface area contributed by atoms with Gasteiger partial charge in [-0.25, -0.2) is 0 Å². The molecule has 0 aromatic heterocycles. The van der Waals surface area contributed by atoms with E-state index in [1.54, 1.807) is 0 Å². The number of hydrogen-bond acceptors (Lipinski definition) is 2. The Morgan fingerprint density at radius 2 is 2.00 bits per heavy atom. The summed E-state index contributed by atoms with van der Waals surface area (Å²) in [5.41, 5.74) is 0. The zero-order valence-corrected chi connectivity index (χ0v) is 6.55. The molecule has 9 heavy (non-hydrogen) atoms. The first-order valence-corrected chi connectivity index (χ1v) is 3.47. The van der Waals surface area contributed by atoms with Gasteiger partial charge in [0.05, 0.1) is 0 Å². The van der Waals surface area contributed by atoms with E-state index in [1.165, 1.54) is 0 Å². The summed E-state index contributed by atoms with van der Waals surface area (Å²) in [6, 6.07) is 0. The molecule has 0 N–H and O–H groups in total. The van der Waals surface area contributed by atoms with Gasteiger partial charge in [0.2, 0.25) is 0 Å². The Morgan fingerprint density at radius 3 is 2.33 bits per heavy atom. The van der Waals surface area contributed by atoms with Crippen LogP contribution in [-0.4, -0.2) is 31.6 Å². The molecule has 2 heteroatoms. The minimum atomic E-state index is -0.354. The molecule has 0 heterocycles. The van der Waals surface area contributed by atoms with Crippen molar-refractivity contribution in [2.75, 3.05) is 20.6 Å². The minimum absolute atomic E-state index is 0.354. The standard InChI is InChI=1S/C7H16NO/c1-4-7(9)5-6-8(2)3/h7H,4-6H2,1-3H3/q-1. The summed E-state index contributed by atoms with van der Waals surface area (Å²) in [6.07, 6.45) is 1.18. The molecule has 0 saturated carbocycles. The van der Waals surface area contributed by atoms with Gasteiger partial charge in [0.25, 0.3) is 0 Å². The summed E-state index contributed by atoms with van der Waals surface area (Å²) in [5, 5.41) is 10.8. The molecule has 0 fully saturated rings. The Morgan fingerprint density at radius 1 is 1.44 bits per heavy atom. The average Bonchev–Trinajstić information content (AvgIpc) is 1.83. The molecule has 0 aliphatic rings. The first-order chi connectivity index (χ1) is 4.16. The number of rotatable bonds is 4. The van der Waals surface area contributed by atoms with E-state index in [2.05, 4.69) is 0 Å². The van der Waals surface area contributed by atoms with Crippen molar-refractivity contribution in [1.82, 2.24) is 4.90 Å². The van der Waals surface area contributed by atoms with Crippen LogP contribution >= 0.6 is 0 Å². The van der Waals surface area contributed by atoms with Crippen LogP contribution in [-0.2, 0) is 0 Å². The summed E-state index contributed by atoms with van der Waals surface area (Å²) in [5.74, 6) is 0. The zero-order valence-electron chi connectivity index (χ0n) is 6.55. The van der Waals surface area contributed by atoms with E-state index in [1.807, 2.05) is 25.9 Å². The molecule has 0 bridgehead atoms. The fourth-order valence-corrected chi connectivity index (χ4v) is 0.606. The molecule has 0 amide bonds. The van der Waals surface area contributed by atoms with Crippen LogP contribution in [0.2, 0.25) is 0 Å². The molecular weight excluding hydrogens is 114 g/mol. The fourth-order valence-electron chi connectivity index (χ4n) is 0.606. The second kappa shape index (κ2) is 4.77. The molecule has 0 spiro atoms. The second-order valence-corrected chi connectivity index (χ2v) is 2.62. The van der Waals surface area contributed by atoms with Crippen LogP contribution in [0.1, 0.15) is 19.8 Å². The smallest absolute Gasteiger partial charge is 0.00351 e. The summed E-state index contributed by atoms with van der Waals surface area (Å²) in [7, 11) is 3.98. The second-order valence-electron chi connectivity index (χ2n) is 2.62. The topological polar surface area (TPSA) is 26.3 Å². The predicted octanol–water partition coefficient (Wildman–Crippen LogP) is 0.0770. The van der Waals surface area contributed by atoms with Crippen molar-refractivity contribution in [3.63, 3.8) is 0 Å². The highest BCUT2D eigenvalue weighted by atomic mass is 16.3. The van der Waals surface area contributed by atoms with Gasteiger partial charge in [-0.3, -0.25) is 0 Å². The maximum atomic E-state index is 10.8. The highest BCUT2D eigenvalue weighted by molar-refractivity contribution is 4.52. The third-order valence-corrected chi connectivity index (χ3v) is 1.35. The van der Waals surface area contributed by atoms with E-state index < -0.39 is 0 Å². The van der Waals surface area contributed by atoms with Gasteiger partial charge in [-0.05, 0) is 20.6 Å². The van der Waals surface area contributed by atoms with Crippen molar-refractivity contribution in [3.8, 4) is 0 Å². The van der Waals surface area contributed by atoms with Gasteiger partial charge in [0, 0.05) is 0 Å². The third kappa shape index (κ3) is 5.80.